The number of hydrogen-bond donors (Lipinski definition) is 0. The van der Waals surface area contributed by atoms with Crippen LogP contribution in [0.5, 0.6) is 0 Å². The zero-order valence-electron chi connectivity index (χ0n) is 12.2. The third kappa shape index (κ3) is 3.00. The van der Waals surface area contributed by atoms with Crippen molar-refractivity contribution < 1.29 is 4.79 Å². The molecule has 1 aliphatic rings. The van der Waals surface area contributed by atoms with Crippen LogP contribution in [0.25, 0.3) is 10.6 Å². The van der Waals surface area contributed by atoms with Crippen LogP contribution >= 0.6 is 34.5 Å². The van der Waals surface area contributed by atoms with Gasteiger partial charge in [0.25, 0.3) is 5.91 Å². The highest BCUT2D eigenvalue weighted by atomic mass is 35.5. The molecule has 3 rings (SSSR count). The second-order valence-corrected chi connectivity index (χ2v) is 7.13. The average Bonchev–Trinajstić information content (AvgIpc) is 2.99. The smallest absolute Gasteiger partial charge is 0.273 e. The van der Waals surface area contributed by atoms with Crippen LogP contribution in [0.4, 0.5) is 0 Å². The molecule has 2 aromatic rings. The molecule has 1 aromatic heterocycles. The highest BCUT2D eigenvalue weighted by Gasteiger charge is 2.26. The number of amides is 1. The van der Waals surface area contributed by atoms with Crippen LogP contribution in [0.1, 0.15) is 36.7 Å². The molecule has 1 fully saturated rings. The number of halogens is 2. The van der Waals surface area contributed by atoms with Crippen LogP contribution in [0, 0.1) is 0 Å². The normalized spacial score (nSPS) is 18.5. The number of nitrogens with zero attached hydrogens (tertiary/aromatic N) is 2. The van der Waals surface area contributed by atoms with Crippen molar-refractivity contribution >= 4 is 40.4 Å². The molecule has 0 aliphatic carbocycles. The molecule has 6 heteroatoms. The molecule has 0 spiro atoms. The van der Waals surface area contributed by atoms with Gasteiger partial charge in [-0.15, -0.1) is 11.3 Å². The zero-order chi connectivity index (χ0) is 15.7. The van der Waals surface area contributed by atoms with Gasteiger partial charge in [-0.3, -0.25) is 4.79 Å². The molecule has 0 bridgehead atoms. The first-order valence-corrected chi connectivity index (χ1v) is 8.92. The summed E-state index contributed by atoms with van der Waals surface area (Å²) < 4.78 is 0. The standard InChI is InChI=1S/C16H16Cl2N2OS/c1-10-5-2-3-8-20(10)16(21)13-9-22-15(19-13)11-6-4-7-12(17)14(11)18/h4,6-7,9-10H,2-3,5,8H2,1H3. The van der Waals surface area contributed by atoms with Crippen molar-refractivity contribution in [3.63, 3.8) is 0 Å². The number of hydrogen-bond acceptors (Lipinski definition) is 3. The minimum absolute atomic E-state index is 0.00727. The second kappa shape index (κ2) is 6.57. The average molecular weight is 355 g/mol. The van der Waals surface area contributed by atoms with E-state index in [9.17, 15) is 4.79 Å². The maximum atomic E-state index is 12.6. The molecule has 2 heterocycles. The first-order valence-electron chi connectivity index (χ1n) is 7.29. The fourth-order valence-corrected chi connectivity index (χ4v) is 3.98. The van der Waals surface area contributed by atoms with Gasteiger partial charge in [-0.25, -0.2) is 4.98 Å². The predicted octanol–water partition coefficient (Wildman–Crippen LogP) is 5.13. The Hall–Kier alpha value is -1.10. The molecular formula is C16H16Cl2N2OS. The Morgan fingerprint density at radius 2 is 2.18 bits per heavy atom. The fourth-order valence-electron chi connectivity index (χ4n) is 2.71. The number of thiazole rings is 1. The Bertz CT molecular complexity index is 701. The van der Waals surface area contributed by atoms with Crippen molar-refractivity contribution in [3.8, 4) is 10.6 Å². The molecular weight excluding hydrogens is 339 g/mol. The summed E-state index contributed by atoms with van der Waals surface area (Å²) in [6.45, 7) is 2.91. The van der Waals surface area contributed by atoms with E-state index >= 15 is 0 Å². The van der Waals surface area contributed by atoms with Crippen molar-refractivity contribution in [2.45, 2.75) is 32.2 Å². The van der Waals surface area contributed by atoms with E-state index in [1.165, 1.54) is 17.8 Å². The number of benzene rings is 1. The first-order chi connectivity index (χ1) is 10.6. The molecule has 3 nitrogen and oxygen atoms in total. The van der Waals surface area contributed by atoms with Crippen molar-refractivity contribution in [2.24, 2.45) is 0 Å². The van der Waals surface area contributed by atoms with Gasteiger partial charge in [-0.1, -0.05) is 35.3 Å². The number of carbonyl (C=O) groups excluding carboxylic acids is 1. The number of likely N-dealkylation sites (tertiary alicyclic amines) is 1. The summed E-state index contributed by atoms with van der Waals surface area (Å²) in [6.07, 6.45) is 3.31. The first kappa shape index (κ1) is 15.8. The molecule has 0 saturated carbocycles. The van der Waals surface area contributed by atoms with Crippen molar-refractivity contribution in [1.29, 1.82) is 0 Å². The van der Waals surface area contributed by atoms with Gasteiger partial charge in [-0.05, 0) is 32.3 Å². The van der Waals surface area contributed by atoms with E-state index in [0.29, 0.717) is 15.7 Å². The molecule has 22 heavy (non-hydrogen) atoms. The van der Waals surface area contributed by atoms with Gasteiger partial charge in [0.1, 0.15) is 10.7 Å². The summed E-state index contributed by atoms with van der Waals surface area (Å²) in [5, 5.41) is 3.49. The van der Waals surface area contributed by atoms with Gasteiger partial charge in [0.05, 0.1) is 10.0 Å². The van der Waals surface area contributed by atoms with Crippen LogP contribution < -0.4 is 0 Å². The lowest BCUT2D eigenvalue weighted by molar-refractivity contribution is 0.0630. The molecule has 1 unspecified atom stereocenters. The maximum absolute atomic E-state index is 12.6. The lowest BCUT2D eigenvalue weighted by Crippen LogP contribution is -2.42. The number of aromatic nitrogens is 1. The molecule has 1 aromatic carbocycles. The van der Waals surface area contributed by atoms with E-state index in [-0.39, 0.29) is 11.9 Å². The Balaban J connectivity index is 1.87. The number of carbonyl (C=O) groups is 1. The molecule has 1 atom stereocenters. The Morgan fingerprint density at radius 3 is 2.95 bits per heavy atom. The summed E-state index contributed by atoms with van der Waals surface area (Å²) in [7, 11) is 0. The summed E-state index contributed by atoms with van der Waals surface area (Å²) in [6, 6.07) is 5.72. The van der Waals surface area contributed by atoms with Crippen molar-refractivity contribution in [3.05, 3.63) is 39.3 Å². The Kier molecular flexibility index (Phi) is 4.71. The molecule has 1 amide bonds. The predicted molar refractivity (Wildman–Crippen MR) is 91.9 cm³/mol. The van der Waals surface area contributed by atoms with Gasteiger partial charge in [-0.2, -0.15) is 0 Å². The number of piperidine rings is 1. The lowest BCUT2D eigenvalue weighted by Gasteiger charge is -2.32. The SMILES string of the molecule is CC1CCCCN1C(=O)c1csc(-c2cccc(Cl)c2Cl)n1. The highest BCUT2D eigenvalue weighted by Crippen LogP contribution is 2.35. The highest BCUT2D eigenvalue weighted by molar-refractivity contribution is 7.13. The number of rotatable bonds is 2. The van der Waals surface area contributed by atoms with E-state index < -0.39 is 0 Å². The molecule has 0 N–H and O–H groups in total. The monoisotopic (exact) mass is 354 g/mol. The van der Waals surface area contributed by atoms with Gasteiger partial charge < -0.3 is 4.90 Å². The molecule has 1 aliphatic heterocycles. The molecule has 1 saturated heterocycles. The van der Waals surface area contributed by atoms with E-state index in [2.05, 4.69) is 11.9 Å². The summed E-state index contributed by atoms with van der Waals surface area (Å²) in [4.78, 5) is 19.0. The van der Waals surface area contributed by atoms with E-state index in [1.54, 1.807) is 11.4 Å². The van der Waals surface area contributed by atoms with Gasteiger partial charge in [0, 0.05) is 23.5 Å². The van der Waals surface area contributed by atoms with Crippen molar-refractivity contribution in [2.75, 3.05) is 6.54 Å². The Morgan fingerprint density at radius 1 is 1.36 bits per heavy atom. The van der Waals surface area contributed by atoms with Crippen LogP contribution in [0.3, 0.4) is 0 Å². The van der Waals surface area contributed by atoms with E-state index in [4.69, 9.17) is 23.2 Å². The summed E-state index contributed by atoms with van der Waals surface area (Å²) in [5.41, 5.74) is 1.26. The largest absolute Gasteiger partial charge is 0.335 e. The van der Waals surface area contributed by atoms with E-state index in [1.807, 2.05) is 17.0 Å². The van der Waals surface area contributed by atoms with Gasteiger partial charge in [0.2, 0.25) is 0 Å². The van der Waals surface area contributed by atoms with Crippen LogP contribution in [0.15, 0.2) is 23.6 Å². The second-order valence-electron chi connectivity index (χ2n) is 5.48. The summed E-state index contributed by atoms with van der Waals surface area (Å²) >= 11 is 13.7. The topological polar surface area (TPSA) is 33.2 Å². The zero-order valence-corrected chi connectivity index (χ0v) is 14.5. The van der Waals surface area contributed by atoms with Crippen LogP contribution in [-0.4, -0.2) is 28.4 Å². The van der Waals surface area contributed by atoms with E-state index in [0.717, 1.165) is 30.0 Å². The van der Waals surface area contributed by atoms with Crippen molar-refractivity contribution in [1.82, 2.24) is 9.88 Å². The quantitative estimate of drug-likeness (QED) is 0.748. The minimum atomic E-state index is 0.00727. The van der Waals surface area contributed by atoms with Crippen LogP contribution in [0.2, 0.25) is 10.0 Å². The fraction of sp³-hybridized carbons (Fsp3) is 0.375. The third-order valence-corrected chi connectivity index (χ3v) is 5.66. The maximum Gasteiger partial charge on any atom is 0.273 e. The third-order valence-electron chi connectivity index (χ3n) is 3.97. The Labute approximate surface area is 143 Å². The van der Waals surface area contributed by atoms with Gasteiger partial charge in [0.15, 0.2) is 0 Å². The summed E-state index contributed by atoms with van der Waals surface area (Å²) in [5.74, 6) is 0.00727. The molecule has 0 radical (unpaired) electrons. The van der Waals surface area contributed by atoms with Gasteiger partial charge >= 0.3 is 0 Å². The molecule has 116 valence electrons. The minimum Gasteiger partial charge on any atom is -0.335 e. The van der Waals surface area contributed by atoms with Crippen LogP contribution in [-0.2, 0) is 0 Å². The lowest BCUT2D eigenvalue weighted by atomic mass is 10.0.